The summed E-state index contributed by atoms with van der Waals surface area (Å²) in [6, 6.07) is 13.0. The molecule has 0 spiro atoms. The van der Waals surface area contributed by atoms with Crippen LogP contribution < -0.4 is 11.1 Å². The minimum absolute atomic E-state index is 0.414. The first-order valence-corrected chi connectivity index (χ1v) is 5.92. The second-order valence-electron chi connectivity index (χ2n) is 4.24. The van der Waals surface area contributed by atoms with Crippen LogP contribution in [-0.2, 0) is 4.74 Å². The SMILES string of the molecule is COC(=O)c1cc(N)ccc1Nc1ccccc1C. The van der Waals surface area contributed by atoms with Gasteiger partial charge < -0.3 is 15.8 Å². The van der Waals surface area contributed by atoms with Crippen LogP contribution in [0.5, 0.6) is 0 Å². The minimum atomic E-state index is -0.414. The summed E-state index contributed by atoms with van der Waals surface area (Å²) in [5.41, 5.74) is 9.36. The molecule has 2 aromatic rings. The van der Waals surface area contributed by atoms with E-state index >= 15 is 0 Å². The summed E-state index contributed by atoms with van der Waals surface area (Å²) >= 11 is 0. The van der Waals surface area contributed by atoms with Gasteiger partial charge in [-0.15, -0.1) is 0 Å². The lowest BCUT2D eigenvalue weighted by Crippen LogP contribution is -2.07. The molecular weight excluding hydrogens is 240 g/mol. The van der Waals surface area contributed by atoms with E-state index in [4.69, 9.17) is 10.5 Å². The minimum Gasteiger partial charge on any atom is -0.465 e. The fourth-order valence-corrected chi connectivity index (χ4v) is 1.81. The average molecular weight is 256 g/mol. The van der Waals surface area contributed by atoms with Crippen LogP contribution >= 0.6 is 0 Å². The lowest BCUT2D eigenvalue weighted by molar-refractivity contribution is 0.0602. The summed E-state index contributed by atoms with van der Waals surface area (Å²) in [5, 5.41) is 3.23. The van der Waals surface area contributed by atoms with Gasteiger partial charge in [-0.3, -0.25) is 0 Å². The first kappa shape index (κ1) is 13.0. The Kier molecular flexibility index (Phi) is 3.71. The van der Waals surface area contributed by atoms with Gasteiger partial charge in [-0.2, -0.15) is 0 Å². The van der Waals surface area contributed by atoms with E-state index in [9.17, 15) is 4.79 Å². The summed E-state index contributed by atoms with van der Waals surface area (Å²) in [7, 11) is 1.35. The van der Waals surface area contributed by atoms with Crippen molar-refractivity contribution in [1.29, 1.82) is 0 Å². The maximum absolute atomic E-state index is 11.7. The number of carbonyl (C=O) groups is 1. The van der Waals surface area contributed by atoms with E-state index < -0.39 is 5.97 Å². The first-order chi connectivity index (χ1) is 9.11. The molecule has 0 bridgehead atoms. The molecule has 0 aliphatic heterocycles. The highest BCUT2D eigenvalue weighted by Gasteiger charge is 2.12. The summed E-state index contributed by atoms with van der Waals surface area (Å²) < 4.78 is 4.77. The monoisotopic (exact) mass is 256 g/mol. The molecule has 0 aromatic heterocycles. The number of hydrogen-bond acceptors (Lipinski definition) is 4. The molecule has 0 heterocycles. The fraction of sp³-hybridized carbons (Fsp3) is 0.133. The van der Waals surface area contributed by atoms with Crippen molar-refractivity contribution in [1.82, 2.24) is 0 Å². The molecule has 0 saturated heterocycles. The van der Waals surface area contributed by atoms with E-state index in [1.54, 1.807) is 18.2 Å². The van der Waals surface area contributed by atoms with E-state index in [0.29, 0.717) is 16.9 Å². The number of esters is 1. The predicted molar refractivity (Wildman–Crippen MR) is 76.7 cm³/mol. The van der Waals surface area contributed by atoms with Gasteiger partial charge in [-0.05, 0) is 36.8 Å². The average Bonchev–Trinajstić information content (AvgIpc) is 2.42. The second-order valence-corrected chi connectivity index (χ2v) is 4.24. The van der Waals surface area contributed by atoms with Crippen molar-refractivity contribution in [2.75, 3.05) is 18.2 Å². The Morgan fingerprint density at radius 1 is 1.16 bits per heavy atom. The molecule has 4 nitrogen and oxygen atoms in total. The maximum Gasteiger partial charge on any atom is 0.340 e. The number of ether oxygens (including phenoxy) is 1. The van der Waals surface area contributed by atoms with Gasteiger partial charge in [0.2, 0.25) is 0 Å². The Morgan fingerprint density at radius 2 is 1.89 bits per heavy atom. The molecule has 0 radical (unpaired) electrons. The van der Waals surface area contributed by atoms with E-state index in [0.717, 1.165) is 11.3 Å². The third-order valence-electron chi connectivity index (χ3n) is 2.86. The van der Waals surface area contributed by atoms with Crippen LogP contribution in [0.3, 0.4) is 0 Å². The van der Waals surface area contributed by atoms with Gasteiger partial charge in [-0.25, -0.2) is 4.79 Å². The molecule has 0 unspecified atom stereocenters. The number of rotatable bonds is 3. The molecule has 0 aliphatic carbocycles. The number of para-hydroxylation sites is 1. The smallest absolute Gasteiger partial charge is 0.340 e. The van der Waals surface area contributed by atoms with Crippen molar-refractivity contribution in [2.45, 2.75) is 6.92 Å². The third-order valence-corrected chi connectivity index (χ3v) is 2.86. The largest absolute Gasteiger partial charge is 0.465 e. The normalized spacial score (nSPS) is 10.0. The van der Waals surface area contributed by atoms with Gasteiger partial charge in [0.15, 0.2) is 0 Å². The number of nitrogens with one attached hydrogen (secondary N) is 1. The highest BCUT2D eigenvalue weighted by Crippen LogP contribution is 2.25. The summed E-state index contributed by atoms with van der Waals surface area (Å²) in [4.78, 5) is 11.7. The number of benzene rings is 2. The number of nitrogens with two attached hydrogens (primary N) is 1. The van der Waals surface area contributed by atoms with Gasteiger partial charge in [0.05, 0.1) is 18.4 Å². The van der Waals surface area contributed by atoms with Gasteiger partial charge in [0, 0.05) is 11.4 Å². The van der Waals surface area contributed by atoms with Crippen molar-refractivity contribution >= 4 is 23.0 Å². The lowest BCUT2D eigenvalue weighted by atomic mass is 10.1. The molecule has 0 fully saturated rings. The Labute approximate surface area is 112 Å². The Bertz CT molecular complexity index is 609. The zero-order valence-corrected chi connectivity index (χ0v) is 10.9. The van der Waals surface area contributed by atoms with Crippen LogP contribution in [0.4, 0.5) is 17.1 Å². The van der Waals surface area contributed by atoms with Crippen LogP contribution in [0.15, 0.2) is 42.5 Å². The van der Waals surface area contributed by atoms with Gasteiger partial charge in [0.25, 0.3) is 0 Å². The lowest BCUT2D eigenvalue weighted by Gasteiger charge is -2.13. The Morgan fingerprint density at radius 3 is 2.58 bits per heavy atom. The number of hydrogen-bond donors (Lipinski definition) is 2. The van der Waals surface area contributed by atoms with Gasteiger partial charge >= 0.3 is 5.97 Å². The number of nitrogen functional groups attached to an aromatic ring is 1. The summed E-state index contributed by atoms with van der Waals surface area (Å²) in [6.45, 7) is 2.00. The first-order valence-electron chi connectivity index (χ1n) is 5.92. The van der Waals surface area contributed by atoms with Crippen LogP contribution in [0, 0.1) is 6.92 Å². The van der Waals surface area contributed by atoms with Crippen LogP contribution in [-0.4, -0.2) is 13.1 Å². The van der Waals surface area contributed by atoms with Crippen molar-refractivity contribution in [3.63, 3.8) is 0 Å². The Hall–Kier alpha value is -2.49. The molecule has 4 heteroatoms. The molecule has 2 rings (SSSR count). The zero-order valence-electron chi connectivity index (χ0n) is 10.9. The van der Waals surface area contributed by atoms with E-state index in [2.05, 4.69) is 5.32 Å². The topological polar surface area (TPSA) is 64.3 Å². The quantitative estimate of drug-likeness (QED) is 0.654. The van der Waals surface area contributed by atoms with E-state index in [1.807, 2.05) is 31.2 Å². The van der Waals surface area contributed by atoms with Gasteiger partial charge in [0.1, 0.15) is 0 Å². The molecular formula is C15H16N2O2. The molecule has 0 saturated carbocycles. The van der Waals surface area contributed by atoms with Crippen LogP contribution in [0.1, 0.15) is 15.9 Å². The number of aryl methyl sites for hydroxylation is 1. The summed E-state index contributed by atoms with van der Waals surface area (Å²) in [5.74, 6) is -0.414. The molecule has 0 amide bonds. The zero-order chi connectivity index (χ0) is 13.8. The molecule has 0 aliphatic rings. The molecule has 3 N–H and O–H groups in total. The number of carbonyl (C=O) groups excluding carboxylic acids is 1. The highest BCUT2D eigenvalue weighted by molar-refractivity contribution is 5.97. The van der Waals surface area contributed by atoms with Crippen LogP contribution in [0.25, 0.3) is 0 Å². The molecule has 2 aromatic carbocycles. The standard InChI is InChI=1S/C15H16N2O2/c1-10-5-3-4-6-13(10)17-14-8-7-11(16)9-12(14)15(18)19-2/h3-9,17H,16H2,1-2H3. The third kappa shape index (κ3) is 2.85. The van der Waals surface area contributed by atoms with E-state index in [1.165, 1.54) is 7.11 Å². The second kappa shape index (κ2) is 5.44. The summed E-state index contributed by atoms with van der Waals surface area (Å²) in [6.07, 6.45) is 0. The number of methoxy groups -OCH3 is 1. The van der Waals surface area contributed by atoms with E-state index in [-0.39, 0.29) is 0 Å². The van der Waals surface area contributed by atoms with Crippen molar-refractivity contribution < 1.29 is 9.53 Å². The van der Waals surface area contributed by atoms with Crippen molar-refractivity contribution in [3.8, 4) is 0 Å². The van der Waals surface area contributed by atoms with Gasteiger partial charge in [-0.1, -0.05) is 18.2 Å². The fourth-order valence-electron chi connectivity index (χ4n) is 1.81. The van der Waals surface area contributed by atoms with Crippen molar-refractivity contribution in [2.24, 2.45) is 0 Å². The van der Waals surface area contributed by atoms with Crippen molar-refractivity contribution in [3.05, 3.63) is 53.6 Å². The maximum atomic E-state index is 11.7. The predicted octanol–water partition coefficient (Wildman–Crippen LogP) is 3.11. The number of anilines is 3. The van der Waals surface area contributed by atoms with Crippen LogP contribution in [0.2, 0.25) is 0 Å². The molecule has 98 valence electrons. The Balaban J connectivity index is 2.40. The highest BCUT2D eigenvalue weighted by atomic mass is 16.5. The molecule has 19 heavy (non-hydrogen) atoms. The molecule has 0 atom stereocenters.